The van der Waals surface area contributed by atoms with Gasteiger partial charge in [-0.2, -0.15) is 0 Å². The van der Waals surface area contributed by atoms with Crippen molar-refractivity contribution in [1.82, 2.24) is 9.80 Å². The van der Waals surface area contributed by atoms with E-state index in [0.717, 1.165) is 13.1 Å². The summed E-state index contributed by atoms with van der Waals surface area (Å²) in [6.07, 6.45) is 1.45. The van der Waals surface area contributed by atoms with Crippen LogP contribution in [0.2, 0.25) is 0 Å². The molecule has 2 aliphatic heterocycles. The lowest BCUT2D eigenvalue weighted by Gasteiger charge is -2.30. The zero-order valence-electron chi connectivity index (χ0n) is 15.7. The molecule has 8 heteroatoms. The topological polar surface area (TPSA) is 83.2 Å². The lowest BCUT2D eigenvalue weighted by molar-refractivity contribution is -0.140. The Kier molecular flexibility index (Phi) is 5.46. The summed E-state index contributed by atoms with van der Waals surface area (Å²) in [5.74, 6) is -1.90. The molecule has 0 bridgehead atoms. The molecule has 0 unspecified atom stereocenters. The second-order valence-electron chi connectivity index (χ2n) is 6.97. The number of hydrogen-bond acceptors (Lipinski definition) is 6. The van der Waals surface area contributed by atoms with E-state index in [2.05, 4.69) is 4.90 Å². The number of ether oxygens (including phenoxy) is 1. The van der Waals surface area contributed by atoms with E-state index >= 15 is 0 Å². The maximum Gasteiger partial charge on any atom is 0.295 e. The molecule has 4 rings (SSSR count). The number of carbonyl (C=O) groups is 2. The van der Waals surface area contributed by atoms with Crippen LogP contribution in [0.5, 0.6) is 0 Å². The van der Waals surface area contributed by atoms with Gasteiger partial charge in [0.1, 0.15) is 23.4 Å². The second kappa shape index (κ2) is 8.18. The molecule has 152 valence electrons. The molecule has 1 amide bonds. The zero-order chi connectivity index (χ0) is 20.4. The number of morpholine rings is 1. The molecule has 1 aromatic carbocycles. The summed E-state index contributed by atoms with van der Waals surface area (Å²) in [5.41, 5.74) is 0.202. The van der Waals surface area contributed by atoms with Crippen molar-refractivity contribution in [2.75, 3.05) is 39.4 Å². The number of halogens is 1. The monoisotopic (exact) mass is 400 g/mol. The quantitative estimate of drug-likeness (QED) is 0.471. The Hall–Kier alpha value is -2.97. The van der Waals surface area contributed by atoms with Gasteiger partial charge < -0.3 is 19.2 Å². The van der Waals surface area contributed by atoms with E-state index in [9.17, 15) is 19.1 Å². The van der Waals surface area contributed by atoms with Crippen LogP contribution >= 0.6 is 0 Å². The number of nitrogens with zero attached hydrogens (tertiary/aromatic N) is 2. The van der Waals surface area contributed by atoms with E-state index in [4.69, 9.17) is 9.15 Å². The van der Waals surface area contributed by atoms with E-state index in [1.54, 1.807) is 12.1 Å². The fourth-order valence-corrected chi connectivity index (χ4v) is 3.69. The van der Waals surface area contributed by atoms with Gasteiger partial charge in [0, 0.05) is 31.7 Å². The number of Topliss-reactive ketones (excluding diaryl/α,β-unsaturated/α-hetero) is 1. The van der Waals surface area contributed by atoms with E-state index in [0.29, 0.717) is 32.1 Å². The summed E-state index contributed by atoms with van der Waals surface area (Å²) < 4.78 is 24.1. The number of likely N-dealkylation sites (tertiary alicyclic amines) is 1. The van der Waals surface area contributed by atoms with Crippen LogP contribution in [-0.2, 0) is 14.3 Å². The number of amides is 1. The molecule has 1 N–H and O–H groups in total. The van der Waals surface area contributed by atoms with Gasteiger partial charge in [0.05, 0.1) is 25.1 Å². The first-order valence-corrected chi connectivity index (χ1v) is 9.44. The number of benzene rings is 1. The third-order valence-electron chi connectivity index (χ3n) is 5.23. The van der Waals surface area contributed by atoms with Crippen molar-refractivity contribution in [2.24, 2.45) is 0 Å². The summed E-state index contributed by atoms with van der Waals surface area (Å²) in [5, 5.41) is 10.8. The highest BCUT2D eigenvalue weighted by molar-refractivity contribution is 6.46. The largest absolute Gasteiger partial charge is 0.507 e. The van der Waals surface area contributed by atoms with E-state index in [1.165, 1.54) is 35.4 Å². The molecular formula is C21H21FN2O5. The first kappa shape index (κ1) is 19.4. The summed E-state index contributed by atoms with van der Waals surface area (Å²) in [6, 6.07) is 7.59. The van der Waals surface area contributed by atoms with Gasteiger partial charge >= 0.3 is 0 Å². The molecule has 0 radical (unpaired) electrons. The molecule has 2 aliphatic rings. The number of aliphatic hydroxyl groups excluding tert-OH is 1. The van der Waals surface area contributed by atoms with Crippen LogP contribution in [0.25, 0.3) is 5.76 Å². The Morgan fingerprint density at radius 2 is 1.83 bits per heavy atom. The number of carbonyl (C=O) groups excluding carboxylic acids is 2. The Labute approximate surface area is 167 Å². The fourth-order valence-electron chi connectivity index (χ4n) is 3.69. The predicted molar refractivity (Wildman–Crippen MR) is 101 cm³/mol. The highest BCUT2D eigenvalue weighted by Crippen LogP contribution is 2.39. The van der Waals surface area contributed by atoms with Gasteiger partial charge in [-0.25, -0.2) is 4.39 Å². The van der Waals surface area contributed by atoms with Gasteiger partial charge in [-0.15, -0.1) is 0 Å². The Bertz CT molecular complexity index is 917. The minimum Gasteiger partial charge on any atom is -0.507 e. The highest BCUT2D eigenvalue weighted by Gasteiger charge is 2.47. The maximum atomic E-state index is 13.2. The third kappa shape index (κ3) is 3.81. The van der Waals surface area contributed by atoms with Gasteiger partial charge in [-0.1, -0.05) is 0 Å². The number of aliphatic hydroxyl groups is 1. The molecule has 2 fully saturated rings. The predicted octanol–water partition coefficient (Wildman–Crippen LogP) is 2.17. The molecule has 0 saturated carbocycles. The molecule has 2 saturated heterocycles. The van der Waals surface area contributed by atoms with E-state index < -0.39 is 23.5 Å². The van der Waals surface area contributed by atoms with Crippen LogP contribution in [0.4, 0.5) is 4.39 Å². The SMILES string of the molecule is O=C1C(=O)N(CCN2CCOCC2)[C@@H](c2ccco2)C1=C(O)c1ccc(F)cc1. The maximum absolute atomic E-state index is 13.2. The van der Waals surface area contributed by atoms with Crippen molar-refractivity contribution in [3.8, 4) is 0 Å². The smallest absolute Gasteiger partial charge is 0.295 e. The molecule has 7 nitrogen and oxygen atoms in total. The van der Waals surface area contributed by atoms with Gasteiger partial charge in [0.25, 0.3) is 11.7 Å². The lowest BCUT2D eigenvalue weighted by atomic mass is 9.99. The minimum absolute atomic E-state index is 0.0569. The Balaban J connectivity index is 1.68. The van der Waals surface area contributed by atoms with Crippen LogP contribution in [-0.4, -0.2) is 66.0 Å². The van der Waals surface area contributed by atoms with Gasteiger partial charge in [-0.3, -0.25) is 14.5 Å². The molecule has 29 heavy (non-hydrogen) atoms. The average Bonchev–Trinajstić information content (AvgIpc) is 3.35. The van der Waals surface area contributed by atoms with Crippen LogP contribution < -0.4 is 0 Å². The summed E-state index contributed by atoms with van der Waals surface area (Å²) in [6.45, 7) is 3.64. The van der Waals surface area contributed by atoms with Crippen molar-refractivity contribution < 1.29 is 28.2 Å². The molecule has 3 heterocycles. The van der Waals surface area contributed by atoms with Crippen molar-refractivity contribution in [3.05, 3.63) is 65.4 Å². The zero-order valence-corrected chi connectivity index (χ0v) is 15.7. The normalized spacial score (nSPS) is 22.4. The van der Waals surface area contributed by atoms with Crippen molar-refractivity contribution >= 4 is 17.4 Å². The fraction of sp³-hybridized carbons (Fsp3) is 0.333. The van der Waals surface area contributed by atoms with Gasteiger partial charge in [0.2, 0.25) is 0 Å². The van der Waals surface area contributed by atoms with Crippen LogP contribution in [0, 0.1) is 5.82 Å². The molecule has 2 aromatic rings. The molecule has 0 aliphatic carbocycles. The molecule has 1 atom stereocenters. The highest BCUT2D eigenvalue weighted by atomic mass is 19.1. The standard InChI is InChI=1S/C21H21FN2O5/c22-15-5-3-14(4-6-15)19(25)17-18(16-2-1-11-29-16)24(21(27)20(17)26)8-7-23-9-12-28-13-10-23/h1-6,11,18,25H,7-10,12-13H2/t18-/m0/s1. The number of ketones is 1. The Morgan fingerprint density at radius 1 is 1.10 bits per heavy atom. The van der Waals surface area contributed by atoms with Crippen LogP contribution in [0.3, 0.4) is 0 Å². The Morgan fingerprint density at radius 3 is 2.48 bits per heavy atom. The summed E-state index contributed by atoms with van der Waals surface area (Å²) in [7, 11) is 0. The number of rotatable bonds is 5. The third-order valence-corrected chi connectivity index (χ3v) is 5.23. The van der Waals surface area contributed by atoms with Crippen molar-refractivity contribution in [3.63, 3.8) is 0 Å². The van der Waals surface area contributed by atoms with Crippen molar-refractivity contribution in [2.45, 2.75) is 6.04 Å². The van der Waals surface area contributed by atoms with Gasteiger partial charge in [-0.05, 0) is 36.4 Å². The number of furan rings is 1. The second-order valence-corrected chi connectivity index (χ2v) is 6.97. The van der Waals surface area contributed by atoms with Gasteiger partial charge in [0.15, 0.2) is 0 Å². The molecule has 1 aromatic heterocycles. The minimum atomic E-state index is -0.837. The molecular weight excluding hydrogens is 379 g/mol. The van der Waals surface area contributed by atoms with E-state index in [1.807, 2.05) is 0 Å². The van der Waals surface area contributed by atoms with E-state index in [-0.39, 0.29) is 16.9 Å². The van der Waals surface area contributed by atoms with Crippen molar-refractivity contribution in [1.29, 1.82) is 0 Å². The summed E-state index contributed by atoms with van der Waals surface area (Å²) >= 11 is 0. The first-order valence-electron chi connectivity index (χ1n) is 9.44. The first-order chi connectivity index (χ1) is 14.1. The van der Waals surface area contributed by atoms with Crippen LogP contribution in [0.1, 0.15) is 17.4 Å². The lowest BCUT2D eigenvalue weighted by Crippen LogP contribution is -2.42. The number of hydrogen-bond donors (Lipinski definition) is 1. The summed E-state index contributed by atoms with van der Waals surface area (Å²) in [4.78, 5) is 29.1. The van der Waals surface area contributed by atoms with Crippen LogP contribution in [0.15, 0.2) is 52.7 Å². The molecule has 0 spiro atoms. The average molecular weight is 400 g/mol.